The second kappa shape index (κ2) is 15.8. The molecule has 9 rings (SSSR count). The quantitative estimate of drug-likeness (QED) is 0.124. The molecule has 58 heavy (non-hydrogen) atoms. The molecule has 0 aliphatic heterocycles. The van der Waals surface area contributed by atoms with Crippen LogP contribution >= 0.6 is 0 Å². The van der Waals surface area contributed by atoms with Gasteiger partial charge in [0, 0.05) is 40.9 Å². The van der Waals surface area contributed by atoms with Crippen LogP contribution in [0.3, 0.4) is 0 Å². The van der Waals surface area contributed by atoms with E-state index < -0.39 is 0 Å². The summed E-state index contributed by atoms with van der Waals surface area (Å²) in [4.78, 5) is 4.81. The number of rotatable bonds is 12. The molecule has 0 aliphatic rings. The molecule has 7 nitrogen and oxygen atoms in total. The predicted octanol–water partition coefficient (Wildman–Crippen LogP) is 12.7. The van der Waals surface area contributed by atoms with Gasteiger partial charge in [0.1, 0.15) is 42.0 Å². The first-order chi connectivity index (χ1) is 28.4. The molecule has 0 bridgehead atoms. The van der Waals surface area contributed by atoms with Crippen LogP contribution in [0.4, 0.5) is 0 Å². The van der Waals surface area contributed by atoms with Crippen LogP contribution in [0.15, 0.2) is 164 Å². The summed E-state index contributed by atoms with van der Waals surface area (Å²) in [5.74, 6) is 4.24. The van der Waals surface area contributed by atoms with Gasteiger partial charge < -0.3 is 14.2 Å². The minimum atomic E-state index is 0.387. The van der Waals surface area contributed by atoms with E-state index in [1.165, 1.54) is 10.9 Å². The standard InChI is InChI=1S/C51H44N4O3/c1-34(2)39-24-25-52-48(27-39)55-46-21-12-11-20-44(46)45-23-22-43(29-47(45)55)58-42-19-13-18-41(28-42)54-31-40(30-53-54)49-50(56-32-37-14-7-5-8-15-37)35(3)26-36(4)51(49)57-33-38-16-9-6-10-17-38/h5-31,34H,32-33H2,1-4H3. The highest BCUT2D eigenvalue weighted by atomic mass is 16.5. The predicted molar refractivity (Wildman–Crippen MR) is 233 cm³/mol. The van der Waals surface area contributed by atoms with Crippen molar-refractivity contribution in [3.63, 3.8) is 0 Å². The molecule has 3 aromatic heterocycles. The molecule has 0 spiro atoms. The van der Waals surface area contributed by atoms with Crippen LogP contribution in [0.25, 0.3) is 44.4 Å². The Bertz CT molecular complexity index is 2810. The lowest BCUT2D eigenvalue weighted by atomic mass is 9.99. The van der Waals surface area contributed by atoms with E-state index in [0.29, 0.717) is 24.9 Å². The third-order valence-corrected chi connectivity index (χ3v) is 10.6. The molecule has 7 heteroatoms. The van der Waals surface area contributed by atoms with Gasteiger partial charge in [-0.3, -0.25) is 4.57 Å². The first-order valence-corrected chi connectivity index (χ1v) is 19.7. The van der Waals surface area contributed by atoms with E-state index in [-0.39, 0.29) is 0 Å². The average molecular weight is 761 g/mol. The van der Waals surface area contributed by atoms with Crippen molar-refractivity contribution >= 4 is 21.8 Å². The number of nitrogens with zero attached hydrogens (tertiary/aromatic N) is 4. The molecule has 0 aliphatic carbocycles. The normalized spacial score (nSPS) is 11.4. The number of ether oxygens (including phenoxy) is 3. The van der Waals surface area contributed by atoms with Crippen LogP contribution in [-0.2, 0) is 13.2 Å². The fourth-order valence-electron chi connectivity index (χ4n) is 7.64. The number of benzene rings is 6. The van der Waals surface area contributed by atoms with Crippen LogP contribution in [0, 0.1) is 13.8 Å². The first kappa shape index (κ1) is 36.5. The Morgan fingerprint density at radius 2 is 1.26 bits per heavy atom. The molecule has 0 N–H and O–H groups in total. The molecule has 0 atom stereocenters. The molecule has 0 fully saturated rings. The Labute approximate surface area is 338 Å². The van der Waals surface area contributed by atoms with Crippen LogP contribution in [0.5, 0.6) is 23.0 Å². The highest BCUT2D eigenvalue weighted by Crippen LogP contribution is 2.44. The third-order valence-electron chi connectivity index (χ3n) is 10.6. The van der Waals surface area contributed by atoms with Crippen molar-refractivity contribution in [3.05, 3.63) is 192 Å². The minimum absolute atomic E-state index is 0.387. The molecule has 286 valence electrons. The van der Waals surface area contributed by atoms with Crippen molar-refractivity contribution in [2.75, 3.05) is 0 Å². The Hall–Kier alpha value is -7.12. The number of hydrogen-bond donors (Lipinski definition) is 0. The minimum Gasteiger partial charge on any atom is -0.488 e. The van der Waals surface area contributed by atoms with Gasteiger partial charge in [0.2, 0.25) is 0 Å². The van der Waals surface area contributed by atoms with Crippen molar-refractivity contribution in [1.29, 1.82) is 0 Å². The lowest BCUT2D eigenvalue weighted by Gasteiger charge is -2.20. The molecular weight excluding hydrogens is 717 g/mol. The van der Waals surface area contributed by atoms with E-state index in [0.717, 1.165) is 78.6 Å². The van der Waals surface area contributed by atoms with Crippen molar-refractivity contribution in [1.82, 2.24) is 19.3 Å². The van der Waals surface area contributed by atoms with E-state index in [2.05, 4.69) is 111 Å². The van der Waals surface area contributed by atoms with Crippen molar-refractivity contribution in [2.45, 2.75) is 46.8 Å². The first-order valence-electron chi connectivity index (χ1n) is 19.7. The molecule has 0 amide bonds. The summed E-state index contributed by atoms with van der Waals surface area (Å²) in [5.41, 5.74) is 10.2. The van der Waals surface area contributed by atoms with Gasteiger partial charge in [-0.15, -0.1) is 0 Å². The highest BCUT2D eigenvalue weighted by molar-refractivity contribution is 6.09. The second-order valence-corrected chi connectivity index (χ2v) is 15.0. The number of aromatic nitrogens is 4. The molecule has 6 aromatic carbocycles. The summed E-state index contributed by atoms with van der Waals surface area (Å²) < 4.78 is 23.9. The maximum atomic E-state index is 6.62. The van der Waals surface area contributed by atoms with Gasteiger partial charge in [0.15, 0.2) is 0 Å². The fraction of sp³-hybridized carbons (Fsp3) is 0.137. The van der Waals surface area contributed by atoms with Crippen molar-refractivity contribution < 1.29 is 14.2 Å². The van der Waals surface area contributed by atoms with E-state index in [4.69, 9.17) is 24.3 Å². The molecule has 3 heterocycles. The maximum Gasteiger partial charge on any atom is 0.137 e. The summed E-state index contributed by atoms with van der Waals surface area (Å²) >= 11 is 0. The Kier molecular flexibility index (Phi) is 9.94. The van der Waals surface area contributed by atoms with Crippen LogP contribution < -0.4 is 14.2 Å². The van der Waals surface area contributed by atoms with Crippen LogP contribution in [0.1, 0.15) is 47.6 Å². The molecule has 9 aromatic rings. The number of hydrogen-bond acceptors (Lipinski definition) is 5. The number of pyridine rings is 1. The van der Waals surface area contributed by atoms with Crippen molar-refractivity contribution in [2.24, 2.45) is 0 Å². The van der Waals surface area contributed by atoms with Crippen LogP contribution in [0.2, 0.25) is 0 Å². The van der Waals surface area contributed by atoms with Gasteiger partial charge in [0.25, 0.3) is 0 Å². The Morgan fingerprint density at radius 3 is 1.97 bits per heavy atom. The van der Waals surface area contributed by atoms with E-state index in [1.807, 2.05) is 90.0 Å². The van der Waals surface area contributed by atoms with Gasteiger partial charge >= 0.3 is 0 Å². The summed E-state index contributed by atoms with van der Waals surface area (Å²) in [7, 11) is 0. The number of fused-ring (bicyclic) bond motifs is 3. The van der Waals surface area contributed by atoms with Crippen LogP contribution in [-0.4, -0.2) is 19.3 Å². The van der Waals surface area contributed by atoms with Gasteiger partial charge in [-0.2, -0.15) is 5.10 Å². The van der Waals surface area contributed by atoms with Gasteiger partial charge in [-0.25, -0.2) is 9.67 Å². The monoisotopic (exact) mass is 760 g/mol. The molecule has 0 saturated heterocycles. The second-order valence-electron chi connectivity index (χ2n) is 15.0. The SMILES string of the molecule is Cc1cc(C)c(OCc2ccccc2)c(-c2cnn(-c3cccc(Oc4ccc5c6ccccc6n(-c6cc(C(C)C)ccn6)c5c4)c3)c2)c1OCc1ccccc1. The Balaban J connectivity index is 1.05. The molecule has 0 radical (unpaired) electrons. The lowest BCUT2D eigenvalue weighted by Crippen LogP contribution is -2.04. The highest BCUT2D eigenvalue weighted by Gasteiger charge is 2.22. The molecule has 0 saturated carbocycles. The summed E-state index contributed by atoms with van der Waals surface area (Å²) in [6, 6.07) is 49.6. The largest absolute Gasteiger partial charge is 0.488 e. The summed E-state index contributed by atoms with van der Waals surface area (Å²) in [5, 5.41) is 7.17. The van der Waals surface area contributed by atoms with Gasteiger partial charge in [0.05, 0.1) is 28.5 Å². The van der Waals surface area contributed by atoms with Crippen molar-refractivity contribution in [3.8, 4) is 45.6 Å². The summed E-state index contributed by atoms with van der Waals surface area (Å²) in [6.07, 6.45) is 5.80. The molecular formula is C51H44N4O3. The Morgan fingerprint density at radius 1 is 0.603 bits per heavy atom. The zero-order valence-electron chi connectivity index (χ0n) is 33.1. The zero-order chi connectivity index (χ0) is 39.6. The molecule has 0 unspecified atom stereocenters. The lowest BCUT2D eigenvalue weighted by molar-refractivity contribution is 0.290. The summed E-state index contributed by atoms with van der Waals surface area (Å²) in [6.45, 7) is 9.43. The number of para-hydroxylation sites is 1. The van der Waals surface area contributed by atoms with Gasteiger partial charge in [-0.1, -0.05) is 98.8 Å². The van der Waals surface area contributed by atoms with E-state index >= 15 is 0 Å². The number of aryl methyl sites for hydroxylation is 2. The third kappa shape index (κ3) is 7.30. The topological polar surface area (TPSA) is 63.3 Å². The van der Waals surface area contributed by atoms with E-state index in [1.54, 1.807) is 0 Å². The maximum absolute atomic E-state index is 6.62. The van der Waals surface area contributed by atoms with E-state index in [9.17, 15) is 0 Å². The smallest absolute Gasteiger partial charge is 0.137 e. The fourth-order valence-corrected chi connectivity index (χ4v) is 7.64. The zero-order valence-corrected chi connectivity index (χ0v) is 33.1. The average Bonchev–Trinajstić information content (AvgIpc) is 3.87. The van der Waals surface area contributed by atoms with Gasteiger partial charge in [-0.05, 0) is 96.1 Å².